The summed E-state index contributed by atoms with van der Waals surface area (Å²) in [6.07, 6.45) is -5.41. The van der Waals surface area contributed by atoms with Crippen LogP contribution in [0.25, 0.3) is 11.3 Å². The van der Waals surface area contributed by atoms with Gasteiger partial charge in [-0.25, -0.2) is 17.6 Å². The van der Waals surface area contributed by atoms with E-state index in [2.05, 4.69) is 4.98 Å². The maximum atomic E-state index is 15.8. The SMILES string of the molecule is CC1(C)c2cccc(n2)-c2cc(c(F)c(C(F)(F)F)c2F)C(C)(C)c2cc(c(F)cc2F)C(C)(C)c2cccc1n2. The molecule has 2 aromatic heterocycles. The van der Waals surface area contributed by atoms with Gasteiger partial charge in [0.05, 0.1) is 22.8 Å². The molecule has 0 unspecified atom stereocenters. The Morgan fingerprint density at radius 3 is 1.66 bits per heavy atom. The highest BCUT2D eigenvalue weighted by molar-refractivity contribution is 5.65. The lowest BCUT2D eigenvalue weighted by Gasteiger charge is -2.32. The lowest BCUT2D eigenvalue weighted by atomic mass is 9.73. The van der Waals surface area contributed by atoms with Crippen LogP contribution >= 0.6 is 0 Å². The molecule has 0 N–H and O–H groups in total. The van der Waals surface area contributed by atoms with Crippen LogP contribution in [0.1, 0.15) is 80.9 Å². The van der Waals surface area contributed by atoms with E-state index in [-0.39, 0.29) is 16.8 Å². The van der Waals surface area contributed by atoms with Gasteiger partial charge in [0.15, 0.2) is 0 Å². The lowest BCUT2D eigenvalue weighted by Crippen LogP contribution is -2.29. The fourth-order valence-electron chi connectivity index (χ4n) is 5.51. The highest BCUT2D eigenvalue weighted by Gasteiger charge is 2.44. The maximum absolute atomic E-state index is 15.8. The summed E-state index contributed by atoms with van der Waals surface area (Å²) in [4.78, 5) is 9.33. The molecular formula is C32H27F7N2. The molecule has 0 radical (unpaired) electrons. The van der Waals surface area contributed by atoms with E-state index >= 15 is 17.6 Å². The normalized spacial score (nSPS) is 17.0. The molecule has 4 aromatic rings. The van der Waals surface area contributed by atoms with Crippen LogP contribution in [0.4, 0.5) is 30.7 Å². The van der Waals surface area contributed by atoms with E-state index in [0.29, 0.717) is 23.1 Å². The lowest BCUT2D eigenvalue weighted by molar-refractivity contribution is -0.142. The van der Waals surface area contributed by atoms with Gasteiger partial charge in [0.2, 0.25) is 0 Å². The van der Waals surface area contributed by atoms with Crippen LogP contribution in [-0.2, 0) is 22.4 Å². The van der Waals surface area contributed by atoms with E-state index in [1.807, 2.05) is 0 Å². The average molecular weight is 573 g/mol. The number of pyridine rings is 2. The van der Waals surface area contributed by atoms with Crippen LogP contribution in [-0.4, -0.2) is 9.97 Å². The molecule has 0 spiro atoms. The van der Waals surface area contributed by atoms with Gasteiger partial charge in [-0.2, -0.15) is 13.2 Å². The van der Waals surface area contributed by atoms with Gasteiger partial charge in [-0.3, -0.25) is 9.97 Å². The van der Waals surface area contributed by atoms with E-state index in [1.165, 1.54) is 32.0 Å². The third-order valence-corrected chi connectivity index (χ3v) is 8.26. The molecule has 0 fully saturated rings. The number of hydrogen-bond donors (Lipinski definition) is 0. The summed E-state index contributed by atoms with van der Waals surface area (Å²) in [5, 5.41) is 0. The molecule has 41 heavy (non-hydrogen) atoms. The predicted molar refractivity (Wildman–Crippen MR) is 142 cm³/mol. The molecule has 214 valence electrons. The van der Waals surface area contributed by atoms with Gasteiger partial charge in [-0.05, 0) is 66.9 Å². The Balaban J connectivity index is 2.00. The minimum Gasteiger partial charge on any atom is -0.256 e. The van der Waals surface area contributed by atoms with Crippen molar-refractivity contribution in [2.45, 2.75) is 64.0 Å². The van der Waals surface area contributed by atoms with Crippen LogP contribution < -0.4 is 0 Å². The molecular weight excluding hydrogens is 545 g/mol. The zero-order valence-corrected chi connectivity index (χ0v) is 23.2. The molecule has 0 amide bonds. The minimum absolute atomic E-state index is 0.0109. The van der Waals surface area contributed by atoms with Crippen LogP contribution in [0, 0.1) is 23.3 Å². The van der Waals surface area contributed by atoms with Crippen molar-refractivity contribution in [3.05, 3.63) is 117 Å². The summed E-state index contributed by atoms with van der Waals surface area (Å²) in [5.74, 6) is -5.68. The van der Waals surface area contributed by atoms with Crippen molar-refractivity contribution < 1.29 is 30.7 Å². The first-order valence-electron chi connectivity index (χ1n) is 12.9. The van der Waals surface area contributed by atoms with E-state index in [1.54, 1.807) is 52.0 Å². The number of benzene rings is 2. The van der Waals surface area contributed by atoms with E-state index in [4.69, 9.17) is 4.98 Å². The molecule has 9 heteroatoms. The number of alkyl halides is 3. The summed E-state index contributed by atoms with van der Waals surface area (Å²) in [6.45, 7) is 9.59. The fourth-order valence-corrected chi connectivity index (χ4v) is 5.51. The molecule has 2 aromatic carbocycles. The molecule has 3 heterocycles. The van der Waals surface area contributed by atoms with Gasteiger partial charge in [0.1, 0.15) is 28.8 Å². The van der Waals surface area contributed by atoms with E-state index < -0.39 is 62.4 Å². The third kappa shape index (κ3) is 4.41. The Bertz CT molecular complexity index is 1700. The third-order valence-electron chi connectivity index (χ3n) is 8.26. The zero-order chi connectivity index (χ0) is 30.3. The summed E-state index contributed by atoms with van der Waals surface area (Å²) >= 11 is 0. The van der Waals surface area contributed by atoms with E-state index in [9.17, 15) is 13.2 Å². The van der Waals surface area contributed by atoms with Gasteiger partial charge >= 0.3 is 6.18 Å². The summed E-state index contributed by atoms with van der Waals surface area (Å²) in [7, 11) is 0. The minimum atomic E-state index is -5.41. The van der Waals surface area contributed by atoms with Gasteiger partial charge in [0, 0.05) is 27.9 Å². The average Bonchev–Trinajstić information content (AvgIpc) is 2.87. The Labute approximate surface area is 233 Å². The maximum Gasteiger partial charge on any atom is 0.422 e. The van der Waals surface area contributed by atoms with Crippen LogP contribution in [0.3, 0.4) is 0 Å². The quantitative estimate of drug-likeness (QED) is 0.197. The molecule has 0 saturated heterocycles. The van der Waals surface area contributed by atoms with Crippen molar-refractivity contribution in [3.63, 3.8) is 0 Å². The Morgan fingerprint density at radius 2 is 1.07 bits per heavy atom. The zero-order valence-electron chi connectivity index (χ0n) is 23.2. The molecule has 0 aliphatic carbocycles. The van der Waals surface area contributed by atoms with Crippen LogP contribution in [0.5, 0.6) is 0 Å². The van der Waals surface area contributed by atoms with Gasteiger partial charge in [-0.15, -0.1) is 0 Å². The first-order valence-corrected chi connectivity index (χ1v) is 12.9. The van der Waals surface area contributed by atoms with Gasteiger partial charge < -0.3 is 0 Å². The van der Waals surface area contributed by atoms with Crippen LogP contribution in [0.15, 0.2) is 54.6 Å². The first kappa shape index (κ1) is 28.8. The van der Waals surface area contributed by atoms with Crippen molar-refractivity contribution in [2.24, 2.45) is 0 Å². The van der Waals surface area contributed by atoms with Gasteiger partial charge in [0.25, 0.3) is 0 Å². The topological polar surface area (TPSA) is 25.8 Å². The Morgan fingerprint density at radius 1 is 0.561 bits per heavy atom. The summed E-state index contributed by atoms with van der Waals surface area (Å²) in [5.41, 5.74) is -6.29. The second-order valence-electron chi connectivity index (χ2n) is 12.0. The number of fused-ring (bicyclic) bond motifs is 9. The number of aromatic nitrogens is 2. The van der Waals surface area contributed by atoms with Crippen molar-refractivity contribution in [1.29, 1.82) is 0 Å². The number of hydrogen-bond acceptors (Lipinski definition) is 2. The molecule has 1 aliphatic rings. The molecule has 1 aliphatic heterocycles. The fraction of sp³-hybridized carbons (Fsp3) is 0.312. The summed E-state index contributed by atoms with van der Waals surface area (Å²) < 4.78 is 105. The molecule has 0 atom stereocenters. The standard InChI is InChI=1S/C32H27F7N2/c1-29(2)17-14-18(21(34)15-20(17)33)30(3,4)23-11-8-12-25(41-23)31(5,6)24-10-7-9-22(40-24)16-13-19(29)28(36)26(27(16)35)32(37,38)39/h7-15H,1-6H3. The van der Waals surface area contributed by atoms with Crippen molar-refractivity contribution in [2.75, 3.05) is 0 Å². The second kappa shape index (κ2) is 9.13. The molecule has 5 rings (SSSR count). The highest BCUT2D eigenvalue weighted by atomic mass is 19.4. The van der Waals surface area contributed by atoms with Crippen molar-refractivity contribution in [3.8, 4) is 11.3 Å². The molecule has 0 saturated carbocycles. The number of halogens is 7. The Kier molecular flexibility index (Phi) is 6.40. The first-order chi connectivity index (χ1) is 18.9. The monoisotopic (exact) mass is 572 g/mol. The smallest absolute Gasteiger partial charge is 0.256 e. The number of rotatable bonds is 0. The van der Waals surface area contributed by atoms with E-state index in [0.717, 1.165) is 6.07 Å². The summed E-state index contributed by atoms with van der Waals surface area (Å²) in [6, 6.07) is 12.4. The molecule has 2 nitrogen and oxygen atoms in total. The largest absolute Gasteiger partial charge is 0.422 e. The molecule has 8 bridgehead atoms. The second-order valence-corrected chi connectivity index (χ2v) is 12.0. The Hall–Kier alpha value is -3.75. The highest BCUT2D eigenvalue weighted by Crippen LogP contribution is 2.46. The number of nitrogens with zero attached hydrogens (tertiary/aromatic N) is 2. The van der Waals surface area contributed by atoms with Crippen molar-refractivity contribution in [1.82, 2.24) is 9.97 Å². The van der Waals surface area contributed by atoms with Crippen LogP contribution in [0.2, 0.25) is 0 Å². The predicted octanol–water partition coefficient (Wildman–Crippen LogP) is 9.01. The van der Waals surface area contributed by atoms with Gasteiger partial charge in [-0.1, -0.05) is 39.8 Å². The van der Waals surface area contributed by atoms with Crippen molar-refractivity contribution >= 4 is 0 Å².